The molecule has 22 heavy (non-hydrogen) atoms. The molecule has 0 saturated heterocycles. The molecule has 1 aliphatic heterocycles. The molecule has 1 aromatic heterocycles. The van der Waals surface area contributed by atoms with Gasteiger partial charge < -0.3 is 9.47 Å². The SMILES string of the molecule is O=C(O[C@@H]1CCCC1=O)c1cc2c(s1)-c1ccccc1OC2. The normalized spacial score (nSPS) is 19.3. The smallest absolute Gasteiger partial charge is 0.349 e. The van der Waals surface area contributed by atoms with Crippen LogP contribution >= 0.6 is 11.3 Å². The van der Waals surface area contributed by atoms with Crippen molar-refractivity contribution in [3.8, 4) is 16.2 Å². The van der Waals surface area contributed by atoms with Crippen molar-refractivity contribution in [3.63, 3.8) is 0 Å². The van der Waals surface area contributed by atoms with E-state index in [1.54, 1.807) is 0 Å². The molecule has 4 nitrogen and oxygen atoms in total. The monoisotopic (exact) mass is 314 g/mol. The lowest BCUT2D eigenvalue weighted by Crippen LogP contribution is -2.21. The van der Waals surface area contributed by atoms with Crippen LogP contribution in [-0.4, -0.2) is 17.9 Å². The molecule has 2 heterocycles. The summed E-state index contributed by atoms with van der Waals surface area (Å²) >= 11 is 1.40. The number of fused-ring (bicyclic) bond motifs is 3. The highest BCUT2D eigenvalue weighted by Crippen LogP contribution is 2.42. The summed E-state index contributed by atoms with van der Waals surface area (Å²) in [4.78, 5) is 25.5. The number of ketones is 1. The van der Waals surface area contributed by atoms with Gasteiger partial charge >= 0.3 is 5.97 Å². The molecule has 0 amide bonds. The van der Waals surface area contributed by atoms with Gasteiger partial charge in [0.1, 0.15) is 17.2 Å². The molecule has 1 aliphatic carbocycles. The average molecular weight is 314 g/mol. The molecule has 2 aromatic rings. The summed E-state index contributed by atoms with van der Waals surface area (Å²) in [6.45, 7) is 0.457. The van der Waals surface area contributed by atoms with Gasteiger partial charge in [-0.05, 0) is 31.0 Å². The third-order valence-corrected chi connectivity index (χ3v) is 5.21. The molecular weight excluding hydrogens is 300 g/mol. The van der Waals surface area contributed by atoms with E-state index in [1.807, 2.05) is 30.3 Å². The summed E-state index contributed by atoms with van der Waals surface area (Å²) in [5.41, 5.74) is 2.00. The number of hydrogen-bond donors (Lipinski definition) is 0. The van der Waals surface area contributed by atoms with E-state index in [9.17, 15) is 9.59 Å². The Morgan fingerprint density at radius 1 is 1.32 bits per heavy atom. The first-order chi connectivity index (χ1) is 10.7. The van der Waals surface area contributed by atoms with Crippen molar-refractivity contribution in [3.05, 3.63) is 40.8 Å². The van der Waals surface area contributed by atoms with E-state index in [-0.39, 0.29) is 5.78 Å². The van der Waals surface area contributed by atoms with Crippen LogP contribution < -0.4 is 4.74 Å². The van der Waals surface area contributed by atoms with E-state index >= 15 is 0 Å². The Morgan fingerprint density at radius 2 is 2.18 bits per heavy atom. The summed E-state index contributed by atoms with van der Waals surface area (Å²) in [7, 11) is 0. The zero-order chi connectivity index (χ0) is 15.1. The number of esters is 1. The van der Waals surface area contributed by atoms with Crippen molar-refractivity contribution >= 4 is 23.1 Å². The van der Waals surface area contributed by atoms with Crippen molar-refractivity contribution in [2.75, 3.05) is 0 Å². The largest absolute Gasteiger partial charge is 0.488 e. The minimum absolute atomic E-state index is 0.0309. The predicted octanol–water partition coefficient (Wildman–Crippen LogP) is 3.59. The summed E-state index contributed by atoms with van der Waals surface area (Å²) in [6.07, 6.45) is 1.40. The molecule has 2 aliphatic rings. The molecule has 0 unspecified atom stereocenters. The van der Waals surface area contributed by atoms with E-state index in [0.29, 0.717) is 24.3 Å². The number of Topliss-reactive ketones (excluding diaryl/α,β-unsaturated/α-hetero) is 1. The van der Waals surface area contributed by atoms with E-state index in [2.05, 4.69) is 0 Å². The minimum atomic E-state index is -0.560. The lowest BCUT2D eigenvalue weighted by molar-refractivity contribution is -0.124. The first-order valence-electron chi connectivity index (χ1n) is 7.31. The van der Waals surface area contributed by atoms with Crippen LogP contribution in [0.5, 0.6) is 5.75 Å². The van der Waals surface area contributed by atoms with Gasteiger partial charge in [-0.15, -0.1) is 11.3 Å². The highest BCUT2D eigenvalue weighted by atomic mass is 32.1. The quantitative estimate of drug-likeness (QED) is 0.795. The van der Waals surface area contributed by atoms with Crippen molar-refractivity contribution in [1.29, 1.82) is 0 Å². The number of carbonyl (C=O) groups excluding carboxylic acids is 2. The molecule has 0 spiro atoms. The van der Waals surface area contributed by atoms with Gasteiger partial charge in [0, 0.05) is 22.4 Å². The minimum Gasteiger partial charge on any atom is -0.488 e. The van der Waals surface area contributed by atoms with Crippen LogP contribution in [0.15, 0.2) is 30.3 Å². The second-order valence-electron chi connectivity index (χ2n) is 5.50. The predicted molar refractivity (Wildman–Crippen MR) is 82.1 cm³/mol. The van der Waals surface area contributed by atoms with Gasteiger partial charge in [0.05, 0.1) is 0 Å². The molecule has 4 rings (SSSR count). The molecule has 5 heteroatoms. The van der Waals surface area contributed by atoms with Crippen LogP contribution in [0.2, 0.25) is 0 Å². The second-order valence-corrected chi connectivity index (χ2v) is 6.55. The number of rotatable bonds is 2. The van der Waals surface area contributed by atoms with Gasteiger partial charge in [0.15, 0.2) is 11.9 Å². The Labute approximate surface area is 131 Å². The van der Waals surface area contributed by atoms with Crippen LogP contribution in [0.25, 0.3) is 10.4 Å². The van der Waals surface area contributed by atoms with Crippen molar-refractivity contribution < 1.29 is 19.1 Å². The Bertz CT molecular complexity index is 762. The average Bonchev–Trinajstić information content (AvgIpc) is 3.14. The van der Waals surface area contributed by atoms with E-state index in [0.717, 1.165) is 28.2 Å². The maximum absolute atomic E-state index is 12.3. The fraction of sp³-hybridized carbons (Fsp3) is 0.294. The fourth-order valence-corrected chi connectivity index (χ4v) is 3.98. The molecule has 0 radical (unpaired) electrons. The third kappa shape index (κ3) is 2.22. The number of ether oxygens (including phenoxy) is 2. The van der Waals surface area contributed by atoms with Crippen molar-refractivity contribution in [2.45, 2.75) is 32.0 Å². The highest BCUT2D eigenvalue weighted by molar-refractivity contribution is 7.17. The lowest BCUT2D eigenvalue weighted by atomic mass is 10.1. The molecule has 1 atom stereocenters. The van der Waals surface area contributed by atoms with Crippen LogP contribution in [0.4, 0.5) is 0 Å². The number of thiophene rings is 1. The van der Waals surface area contributed by atoms with Gasteiger partial charge in [0.2, 0.25) is 0 Å². The molecule has 0 bridgehead atoms. The molecule has 1 aromatic carbocycles. The number of carbonyl (C=O) groups is 2. The van der Waals surface area contributed by atoms with Gasteiger partial charge in [-0.3, -0.25) is 4.79 Å². The number of benzene rings is 1. The van der Waals surface area contributed by atoms with Crippen molar-refractivity contribution in [1.82, 2.24) is 0 Å². The standard InChI is InChI=1S/C17H14O4S/c18-12-5-3-7-14(12)21-17(19)15-8-10-9-20-13-6-2-1-4-11(13)16(10)22-15/h1-2,4,6,8,14H,3,5,7,9H2/t14-/m1/s1. The topological polar surface area (TPSA) is 52.6 Å². The zero-order valence-electron chi connectivity index (χ0n) is 11.8. The molecule has 0 N–H and O–H groups in total. The third-order valence-electron chi connectivity index (χ3n) is 4.02. The molecule has 1 saturated carbocycles. The van der Waals surface area contributed by atoms with E-state index < -0.39 is 12.1 Å². The molecule has 112 valence electrons. The maximum Gasteiger partial charge on any atom is 0.349 e. The van der Waals surface area contributed by atoms with E-state index in [4.69, 9.17) is 9.47 Å². The van der Waals surface area contributed by atoms with Crippen LogP contribution in [0, 0.1) is 0 Å². The maximum atomic E-state index is 12.3. The Balaban J connectivity index is 1.62. The zero-order valence-corrected chi connectivity index (χ0v) is 12.7. The lowest BCUT2D eigenvalue weighted by Gasteiger charge is -2.16. The fourth-order valence-electron chi connectivity index (χ4n) is 2.90. The summed E-state index contributed by atoms with van der Waals surface area (Å²) < 4.78 is 11.1. The molecule has 1 fully saturated rings. The van der Waals surface area contributed by atoms with Gasteiger partial charge in [-0.25, -0.2) is 4.79 Å². The van der Waals surface area contributed by atoms with Crippen LogP contribution in [0.3, 0.4) is 0 Å². The number of hydrogen-bond acceptors (Lipinski definition) is 5. The van der Waals surface area contributed by atoms with Crippen LogP contribution in [-0.2, 0) is 16.1 Å². The molecular formula is C17H14O4S. The summed E-state index contributed by atoms with van der Waals surface area (Å²) in [5.74, 6) is 0.461. The van der Waals surface area contributed by atoms with Crippen LogP contribution in [0.1, 0.15) is 34.5 Å². The second kappa shape index (κ2) is 5.25. The van der Waals surface area contributed by atoms with Gasteiger partial charge in [-0.2, -0.15) is 0 Å². The Hall–Kier alpha value is -2.14. The summed E-state index contributed by atoms with van der Waals surface area (Å²) in [5, 5.41) is 0. The van der Waals surface area contributed by atoms with Gasteiger partial charge in [0.25, 0.3) is 0 Å². The first kappa shape index (κ1) is 13.5. The highest BCUT2D eigenvalue weighted by Gasteiger charge is 2.30. The van der Waals surface area contributed by atoms with Crippen molar-refractivity contribution in [2.24, 2.45) is 0 Å². The Morgan fingerprint density at radius 3 is 3.00 bits per heavy atom. The summed E-state index contributed by atoms with van der Waals surface area (Å²) in [6, 6.07) is 9.61. The van der Waals surface area contributed by atoms with E-state index in [1.165, 1.54) is 11.3 Å². The van der Waals surface area contributed by atoms with Gasteiger partial charge in [-0.1, -0.05) is 12.1 Å². The first-order valence-corrected chi connectivity index (χ1v) is 8.12. The number of para-hydroxylation sites is 1. The Kier molecular flexibility index (Phi) is 3.22.